The summed E-state index contributed by atoms with van der Waals surface area (Å²) < 4.78 is 26.6. The highest BCUT2D eigenvalue weighted by Gasteiger charge is 2.21. The van der Waals surface area contributed by atoms with E-state index in [4.69, 9.17) is 5.73 Å². The van der Waals surface area contributed by atoms with E-state index in [1.807, 2.05) is 30.3 Å². The Morgan fingerprint density at radius 2 is 1.71 bits per heavy atom. The lowest BCUT2D eigenvalue weighted by atomic mass is 10.3. The molecule has 0 aliphatic rings. The number of anilines is 1. The van der Waals surface area contributed by atoms with Crippen molar-refractivity contribution in [1.29, 1.82) is 0 Å². The summed E-state index contributed by atoms with van der Waals surface area (Å²) in [5.41, 5.74) is 6.33. The average Bonchev–Trinajstić information content (AvgIpc) is 2.43. The van der Waals surface area contributed by atoms with Crippen LogP contribution in [0.3, 0.4) is 0 Å². The Kier molecular flexibility index (Phi) is 4.98. The molecule has 0 heterocycles. The molecule has 112 valence electrons. The fraction of sp³-hybridized carbons (Fsp3) is 0.143. The highest BCUT2D eigenvalue weighted by Crippen LogP contribution is 2.36. The van der Waals surface area contributed by atoms with Crippen molar-refractivity contribution in [2.45, 2.75) is 14.7 Å². The fourth-order valence-electron chi connectivity index (χ4n) is 1.66. The van der Waals surface area contributed by atoms with Crippen LogP contribution in [0.4, 0.5) is 5.69 Å². The predicted molar refractivity (Wildman–Crippen MR) is 90.0 cm³/mol. The van der Waals surface area contributed by atoms with Gasteiger partial charge in [-0.05, 0) is 36.4 Å². The molecule has 2 N–H and O–H groups in total. The van der Waals surface area contributed by atoms with Gasteiger partial charge < -0.3 is 5.73 Å². The van der Waals surface area contributed by atoms with Crippen molar-refractivity contribution in [3.05, 3.63) is 46.9 Å². The monoisotopic (exact) mass is 386 g/mol. The minimum atomic E-state index is -3.54. The molecule has 0 spiro atoms. The van der Waals surface area contributed by atoms with E-state index in [-0.39, 0.29) is 10.6 Å². The second-order valence-corrected chi connectivity index (χ2v) is 8.66. The number of nitrogens with two attached hydrogens (primary N) is 1. The van der Waals surface area contributed by atoms with Gasteiger partial charge >= 0.3 is 0 Å². The molecule has 2 rings (SSSR count). The minimum Gasteiger partial charge on any atom is -0.397 e. The lowest BCUT2D eigenvalue weighted by molar-refractivity contribution is 0.521. The Morgan fingerprint density at radius 3 is 2.29 bits per heavy atom. The molecular weight excluding hydrogens is 372 g/mol. The van der Waals surface area contributed by atoms with Crippen molar-refractivity contribution < 1.29 is 8.42 Å². The topological polar surface area (TPSA) is 63.4 Å². The maximum absolute atomic E-state index is 12.2. The average molecular weight is 387 g/mol. The second-order valence-electron chi connectivity index (χ2n) is 4.51. The molecule has 0 aliphatic carbocycles. The molecule has 0 saturated heterocycles. The van der Waals surface area contributed by atoms with E-state index in [9.17, 15) is 8.42 Å². The normalized spacial score (nSPS) is 11.8. The van der Waals surface area contributed by atoms with E-state index >= 15 is 0 Å². The van der Waals surface area contributed by atoms with E-state index in [0.717, 1.165) is 18.6 Å². The summed E-state index contributed by atoms with van der Waals surface area (Å²) in [5, 5.41) is 0. The molecule has 0 fully saturated rings. The van der Waals surface area contributed by atoms with E-state index in [2.05, 4.69) is 15.9 Å². The van der Waals surface area contributed by atoms with Gasteiger partial charge in [0, 0.05) is 28.4 Å². The van der Waals surface area contributed by atoms with Crippen LogP contribution in [0, 0.1) is 0 Å². The number of hydrogen-bond donors (Lipinski definition) is 1. The van der Waals surface area contributed by atoms with E-state index in [0.29, 0.717) is 0 Å². The van der Waals surface area contributed by atoms with Crippen LogP contribution in [-0.2, 0) is 10.0 Å². The number of nitrogen functional groups attached to an aromatic ring is 1. The summed E-state index contributed by atoms with van der Waals surface area (Å²) in [6.07, 6.45) is 0. The number of nitrogens with zero attached hydrogens (tertiary/aromatic N) is 1. The maximum Gasteiger partial charge on any atom is 0.244 e. The van der Waals surface area contributed by atoms with Crippen LogP contribution in [0.15, 0.2) is 61.6 Å². The molecule has 0 atom stereocenters. The Balaban J connectivity index is 2.41. The maximum atomic E-state index is 12.2. The summed E-state index contributed by atoms with van der Waals surface area (Å²) in [4.78, 5) is 1.85. The van der Waals surface area contributed by atoms with Crippen LogP contribution in [0.25, 0.3) is 0 Å². The van der Waals surface area contributed by atoms with Crippen molar-refractivity contribution >= 4 is 43.4 Å². The zero-order chi connectivity index (χ0) is 15.6. The number of sulfonamides is 1. The van der Waals surface area contributed by atoms with Gasteiger partial charge in [-0.1, -0.05) is 33.8 Å². The highest BCUT2D eigenvalue weighted by atomic mass is 79.9. The Morgan fingerprint density at radius 1 is 1.10 bits per heavy atom. The van der Waals surface area contributed by atoms with E-state index in [1.54, 1.807) is 6.07 Å². The first-order valence-corrected chi connectivity index (χ1v) is 9.12. The van der Waals surface area contributed by atoms with Crippen molar-refractivity contribution in [3.63, 3.8) is 0 Å². The number of para-hydroxylation sites is 1. The summed E-state index contributed by atoms with van der Waals surface area (Å²) >= 11 is 4.82. The molecule has 7 heteroatoms. The predicted octanol–water partition coefficient (Wildman–Crippen LogP) is 3.43. The standard InChI is InChI=1S/C14H15BrN2O2S2/c1-17(2)21(18,19)13-5-3-4-12(14(13)16)20-11-8-6-10(15)7-9-11/h3-9H,16H2,1-2H3. The molecule has 0 aromatic heterocycles. The summed E-state index contributed by atoms with van der Waals surface area (Å²) in [6.45, 7) is 0. The quantitative estimate of drug-likeness (QED) is 0.817. The first-order chi connectivity index (χ1) is 9.82. The minimum absolute atomic E-state index is 0.134. The van der Waals surface area contributed by atoms with Crippen molar-refractivity contribution in [1.82, 2.24) is 4.31 Å². The van der Waals surface area contributed by atoms with Gasteiger partial charge in [-0.15, -0.1) is 0 Å². The zero-order valence-electron chi connectivity index (χ0n) is 11.6. The highest BCUT2D eigenvalue weighted by molar-refractivity contribution is 9.10. The first kappa shape index (κ1) is 16.4. The molecule has 2 aromatic carbocycles. The summed E-state index contributed by atoms with van der Waals surface area (Å²) in [6, 6.07) is 12.8. The number of benzene rings is 2. The number of hydrogen-bond acceptors (Lipinski definition) is 4. The van der Waals surface area contributed by atoms with Gasteiger partial charge in [0.1, 0.15) is 4.90 Å². The second kappa shape index (κ2) is 6.39. The van der Waals surface area contributed by atoms with Gasteiger partial charge in [-0.3, -0.25) is 0 Å². The van der Waals surface area contributed by atoms with E-state index in [1.165, 1.54) is 31.9 Å². The lowest BCUT2D eigenvalue weighted by Gasteiger charge is -2.15. The SMILES string of the molecule is CN(C)S(=O)(=O)c1cccc(Sc2ccc(Br)cc2)c1N. The third-order valence-electron chi connectivity index (χ3n) is 2.83. The van der Waals surface area contributed by atoms with Crippen LogP contribution in [-0.4, -0.2) is 26.8 Å². The third-order valence-corrected chi connectivity index (χ3v) is 6.31. The molecule has 4 nitrogen and oxygen atoms in total. The van der Waals surface area contributed by atoms with E-state index < -0.39 is 10.0 Å². The van der Waals surface area contributed by atoms with Crippen LogP contribution in [0.2, 0.25) is 0 Å². The Labute approximate surface area is 137 Å². The molecule has 0 amide bonds. The Hall–Kier alpha value is -1.02. The van der Waals surface area contributed by atoms with Crippen LogP contribution >= 0.6 is 27.7 Å². The summed E-state index contributed by atoms with van der Waals surface area (Å²) in [5.74, 6) is 0. The van der Waals surface area contributed by atoms with Crippen LogP contribution in [0.1, 0.15) is 0 Å². The molecule has 0 bridgehead atoms. The largest absolute Gasteiger partial charge is 0.397 e. The van der Waals surface area contributed by atoms with Gasteiger partial charge in [0.2, 0.25) is 10.0 Å². The smallest absolute Gasteiger partial charge is 0.244 e. The van der Waals surface area contributed by atoms with Gasteiger partial charge in [0.15, 0.2) is 0 Å². The van der Waals surface area contributed by atoms with Gasteiger partial charge in [-0.25, -0.2) is 12.7 Å². The van der Waals surface area contributed by atoms with Crippen molar-refractivity contribution in [2.75, 3.05) is 19.8 Å². The first-order valence-electron chi connectivity index (χ1n) is 6.07. The van der Waals surface area contributed by atoms with Crippen LogP contribution < -0.4 is 5.73 Å². The van der Waals surface area contributed by atoms with Gasteiger partial charge in [0.05, 0.1) is 5.69 Å². The number of halogens is 1. The molecular formula is C14H15BrN2O2S2. The lowest BCUT2D eigenvalue weighted by Crippen LogP contribution is -2.23. The third kappa shape index (κ3) is 3.60. The van der Waals surface area contributed by atoms with Crippen molar-refractivity contribution in [2.24, 2.45) is 0 Å². The van der Waals surface area contributed by atoms with Gasteiger partial charge in [-0.2, -0.15) is 0 Å². The molecule has 2 aromatic rings. The Bertz CT molecular complexity index is 744. The van der Waals surface area contributed by atoms with Crippen molar-refractivity contribution in [3.8, 4) is 0 Å². The van der Waals surface area contributed by atoms with Crippen LogP contribution in [0.5, 0.6) is 0 Å². The molecule has 0 unspecified atom stereocenters. The van der Waals surface area contributed by atoms with Gasteiger partial charge in [0.25, 0.3) is 0 Å². The molecule has 0 radical (unpaired) electrons. The molecule has 0 saturated carbocycles. The summed E-state index contributed by atoms with van der Waals surface area (Å²) in [7, 11) is -0.563. The number of rotatable bonds is 4. The fourth-order valence-corrected chi connectivity index (χ4v) is 3.92. The molecule has 21 heavy (non-hydrogen) atoms. The molecule has 0 aliphatic heterocycles. The zero-order valence-corrected chi connectivity index (χ0v) is 14.8.